The van der Waals surface area contributed by atoms with Gasteiger partial charge in [-0.25, -0.2) is 0 Å². The van der Waals surface area contributed by atoms with Crippen LogP contribution in [0.25, 0.3) is 0 Å². The normalized spacial score (nSPS) is 11.1. The van der Waals surface area contributed by atoms with E-state index >= 15 is 0 Å². The van der Waals surface area contributed by atoms with Gasteiger partial charge in [0.25, 0.3) is 0 Å². The van der Waals surface area contributed by atoms with E-state index in [1.165, 1.54) is 5.56 Å². The van der Waals surface area contributed by atoms with Gasteiger partial charge in [0.1, 0.15) is 6.26 Å². The first-order valence-corrected chi connectivity index (χ1v) is 7.60. The molecule has 0 aliphatic heterocycles. The van der Waals surface area contributed by atoms with Crippen LogP contribution in [0.3, 0.4) is 0 Å². The molecule has 1 aromatic carbocycles. The van der Waals surface area contributed by atoms with Gasteiger partial charge in [0.2, 0.25) is 0 Å². The topological polar surface area (TPSA) is 41.3 Å². The maximum absolute atomic E-state index is 5.66. The highest BCUT2D eigenvalue weighted by Gasteiger charge is 2.15. The molecule has 1 N–H and O–H groups in total. The van der Waals surface area contributed by atoms with Gasteiger partial charge in [-0.15, -0.1) is 0 Å². The van der Waals surface area contributed by atoms with Crippen LogP contribution >= 0.6 is 0 Å². The van der Waals surface area contributed by atoms with Crippen molar-refractivity contribution in [2.75, 3.05) is 18.0 Å². The summed E-state index contributed by atoms with van der Waals surface area (Å²) in [6, 6.07) is 8.95. The summed E-state index contributed by atoms with van der Waals surface area (Å²) in [6.07, 6.45) is 1.74. The number of rotatable bonds is 7. The lowest BCUT2D eigenvalue weighted by Gasteiger charge is -2.20. The Kier molecular flexibility index (Phi) is 5.39. The van der Waals surface area contributed by atoms with Crippen LogP contribution in [0.5, 0.6) is 0 Å². The van der Waals surface area contributed by atoms with Crippen LogP contribution < -0.4 is 10.2 Å². The van der Waals surface area contributed by atoms with Gasteiger partial charge >= 0.3 is 6.01 Å². The first-order chi connectivity index (χ1) is 10.1. The van der Waals surface area contributed by atoms with E-state index < -0.39 is 0 Å². The number of para-hydroxylation sites is 1. The van der Waals surface area contributed by atoms with Gasteiger partial charge in [-0.3, -0.25) is 4.90 Å². The first-order valence-electron chi connectivity index (χ1n) is 7.60. The fourth-order valence-electron chi connectivity index (χ4n) is 2.27. The number of aromatic nitrogens is 1. The largest absolute Gasteiger partial charge is 0.431 e. The molecule has 2 aromatic rings. The average molecular weight is 287 g/mol. The van der Waals surface area contributed by atoms with Gasteiger partial charge < -0.3 is 9.73 Å². The van der Waals surface area contributed by atoms with Crippen LogP contribution in [-0.4, -0.2) is 18.1 Å². The maximum Gasteiger partial charge on any atom is 0.302 e. The molecule has 0 aliphatic rings. The van der Waals surface area contributed by atoms with Crippen LogP contribution in [-0.2, 0) is 6.54 Å². The van der Waals surface area contributed by atoms with Crippen molar-refractivity contribution in [2.24, 2.45) is 5.92 Å². The average Bonchev–Trinajstić information content (AvgIpc) is 2.90. The number of nitrogens with one attached hydrogen (secondary N) is 1. The fourth-order valence-corrected chi connectivity index (χ4v) is 2.27. The van der Waals surface area contributed by atoms with E-state index in [4.69, 9.17) is 4.42 Å². The second-order valence-corrected chi connectivity index (χ2v) is 5.68. The van der Waals surface area contributed by atoms with E-state index in [2.05, 4.69) is 55.0 Å². The summed E-state index contributed by atoms with van der Waals surface area (Å²) in [4.78, 5) is 6.69. The lowest BCUT2D eigenvalue weighted by atomic mass is 10.2. The van der Waals surface area contributed by atoms with Crippen molar-refractivity contribution in [1.29, 1.82) is 0 Å². The molecule has 21 heavy (non-hydrogen) atoms. The van der Waals surface area contributed by atoms with Crippen molar-refractivity contribution < 1.29 is 4.42 Å². The third-order valence-electron chi connectivity index (χ3n) is 3.35. The minimum atomic E-state index is 0.635. The summed E-state index contributed by atoms with van der Waals surface area (Å²) in [5.41, 5.74) is 3.30. The predicted octanol–water partition coefficient (Wildman–Crippen LogP) is 3.89. The Hall–Kier alpha value is -1.81. The highest BCUT2D eigenvalue weighted by atomic mass is 16.4. The van der Waals surface area contributed by atoms with Gasteiger partial charge in [-0.2, -0.15) is 4.98 Å². The summed E-state index contributed by atoms with van der Waals surface area (Å²) in [6.45, 7) is 11.1. The number of nitrogens with zero attached hydrogens (tertiary/aromatic N) is 2. The molecule has 0 saturated carbocycles. The van der Waals surface area contributed by atoms with Crippen LogP contribution in [0.1, 0.15) is 32.0 Å². The molecule has 1 heterocycles. The Balaban J connectivity index is 2.09. The standard InChI is InChI=1S/C17H25N3O/c1-5-20(16-9-7-6-8-14(16)4)17-19-15(12-21-17)11-18-10-13(2)3/h6-9,12-13,18H,5,10-11H2,1-4H3. The summed E-state index contributed by atoms with van der Waals surface area (Å²) in [5, 5.41) is 3.38. The molecule has 0 aliphatic carbocycles. The zero-order valence-electron chi connectivity index (χ0n) is 13.4. The van der Waals surface area contributed by atoms with Crippen molar-refractivity contribution in [1.82, 2.24) is 10.3 Å². The van der Waals surface area contributed by atoms with Crippen molar-refractivity contribution in [2.45, 2.75) is 34.2 Å². The quantitative estimate of drug-likeness (QED) is 0.839. The summed E-state index contributed by atoms with van der Waals surface area (Å²) in [7, 11) is 0. The molecule has 0 fully saturated rings. The maximum atomic E-state index is 5.66. The molecule has 0 spiro atoms. The first kappa shape index (κ1) is 15.6. The smallest absolute Gasteiger partial charge is 0.302 e. The van der Waals surface area contributed by atoms with Crippen LogP contribution in [0.15, 0.2) is 34.9 Å². The van der Waals surface area contributed by atoms with E-state index in [1.54, 1.807) is 6.26 Å². The molecule has 114 valence electrons. The van der Waals surface area contributed by atoms with Gasteiger partial charge in [-0.05, 0) is 37.9 Å². The molecule has 0 saturated heterocycles. The third kappa shape index (κ3) is 4.08. The number of oxazole rings is 1. The minimum Gasteiger partial charge on any atom is -0.431 e. The number of benzene rings is 1. The Morgan fingerprint density at radius 3 is 2.71 bits per heavy atom. The molecule has 1 aromatic heterocycles. The predicted molar refractivity (Wildman–Crippen MR) is 86.9 cm³/mol. The lowest BCUT2D eigenvalue weighted by Crippen LogP contribution is -2.20. The molecule has 0 atom stereocenters. The molecule has 2 rings (SSSR count). The van der Waals surface area contributed by atoms with E-state index in [-0.39, 0.29) is 0 Å². The van der Waals surface area contributed by atoms with Crippen LogP contribution in [0.2, 0.25) is 0 Å². The van der Waals surface area contributed by atoms with Gasteiger partial charge in [0.15, 0.2) is 0 Å². The molecule has 0 radical (unpaired) electrons. The monoisotopic (exact) mass is 287 g/mol. The number of anilines is 2. The second kappa shape index (κ2) is 7.27. The molecular weight excluding hydrogens is 262 g/mol. The number of hydrogen-bond donors (Lipinski definition) is 1. The minimum absolute atomic E-state index is 0.635. The van der Waals surface area contributed by atoms with E-state index in [9.17, 15) is 0 Å². The fraction of sp³-hybridized carbons (Fsp3) is 0.471. The number of hydrogen-bond acceptors (Lipinski definition) is 4. The van der Waals surface area contributed by atoms with Crippen molar-refractivity contribution in [3.8, 4) is 0 Å². The summed E-state index contributed by atoms with van der Waals surface area (Å²) >= 11 is 0. The summed E-state index contributed by atoms with van der Waals surface area (Å²) < 4.78 is 5.66. The zero-order valence-corrected chi connectivity index (χ0v) is 13.4. The summed E-state index contributed by atoms with van der Waals surface area (Å²) in [5.74, 6) is 0.635. The van der Waals surface area contributed by atoms with E-state index in [0.717, 1.165) is 31.0 Å². The molecule has 0 amide bonds. The van der Waals surface area contributed by atoms with Crippen LogP contribution in [0, 0.1) is 12.8 Å². The highest BCUT2D eigenvalue weighted by molar-refractivity contribution is 5.60. The van der Waals surface area contributed by atoms with Gasteiger partial charge in [0, 0.05) is 18.8 Å². The SMILES string of the molecule is CCN(c1nc(CNCC(C)C)co1)c1ccccc1C. The number of aryl methyl sites for hydroxylation is 1. The van der Waals surface area contributed by atoms with E-state index in [0.29, 0.717) is 11.9 Å². The molecule has 4 nitrogen and oxygen atoms in total. The zero-order chi connectivity index (χ0) is 15.2. The molecular formula is C17H25N3O. The Morgan fingerprint density at radius 2 is 2.05 bits per heavy atom. The highest BCUT2D eigenvalue weighted by Crippen LogP contribution is 2.27. The lowest BCUT2D eigenvalue weighted by molar-refractivity contribution is 0.539. The third-order valence-corrected chi connectivity index (χ3v) is 3.35. The molecule has 0 unspecified atom stereocenters. The van der Waals surface area contributed by atoms with Gasteiger partial charge in [-0.1, -0.05) is 32.0 Å². The Bertz CT molecular complexity index is 563. The van der Waals surface area contributed by atoms with Gasteiger partial charge in [0.05, 0.1) is 5.69 Å². The Labute approximate surface area is 127 Å². The van der Waals surface area contributed by atoms with Crippen molar-refractivity contribution >= 4 is 11.7 Å². The van der Waals surface area contributed by atoms with Crippen LogP contribution in [0.4, 0.5) is 11.7 Å². The van der Waals surface area contributed by atoms with Crippen molar-refractivity contribution in [3.05, 3.63) is 41.8 Å². The van der Waals surface area contributed by atoms with Crippen molar-refractivity contribution in [3.63, 3.8) is 0 Å². The second-order valence-electron chi connectivity index (χ2n) is 5.68. The molecule has 4 heteroatoms. The van der Waals surface area contributed by atoms with E-state index in [1.807, 2.05) is 12.1 Å². The Morgan fingerprint density at radius 1 is 1.29 bits per heavy atom. The molecule has 0 bridgehead atoms.